The predicted molar refractivity (Wildman–Crippen MR) is 151 cm³/mol. The quantitative estimate of drug-likeness (QED) is 0.472. The first-order valence-electron chi connectivity index (χ1n) is 13.9. The molecule has 3 aromatic heterocycles. The average molecular weight is 549 g/mol. The summed E-state index contributed by atoms with van der Waals surface area (Å²) in [6.45, 7) is 8.85. The van der Waals surface area contributed by atoms with Gasteiger partial charge in [-0.25, -0.2) is 4.98 Å². The Balaban J connectivity index is 1.36. The second kappa shape index (κ2) is 10.4. The summed E-state index contributed by atoms with van der Waals surface area (Å²) in [5.74, 6) is 2.56. The minimum Gasteiger partial charge on any atom is -0.473 e. The number of aryl methyl sites for hydroxylation is 1. The number of nitrogens with zero attached hydrogens (tertiary/aromatic N) is 6. The van der Waals surface area contributed by atoms with Crippen molar-refractivity contribution in [2.24, 2.45) is 0 Å². The number of nitrogens with one attached hydrogen (secondary N) is 1. The summed E-state index contributed by atoms with van der Waals surface area (Å²) in [5, 5.41) is 18.3. The zero-order valence-electron chi connectivity index (χ0n) is 22.9. The molecule has 1 unspecified atom stereocenters. The lowest BCUT2D eigenvalue weighted by Crippen LogP contribution is -2.44. The number of fused-ring (bicyclic) bond motifs is 1. The number of nitrogens with two attached hydrogens (primary N) is 1. The molecule has 3 aromatic rings. The number of hydrogen-bond donors (Lipinski definition) is 2. The Hall–Kier alpha value is -3.20. The van der Waals surface area contributed by atoms with Gasteiger partial charge < -0.3 is 25.2 Å². The molecule has 2 saturated heterocycles. The summed E-state index contributed by atoms with van der Waals surface area (Å²) in [6, 6.07) is 6.57. The summed E-state index contributed by atoms with van der Waals surface area (Å²) in [7, 11) is 2.15. The molecule has 0 radical (unpaired) electrons. The monoisotopic (exact) mass is 548 g/mol. The van der Waals surface area contributed by atoms with Crippen LogP contribution in [0.2, 0.25) is 0 Å². The largest absolute Gasteiger partial charge is 0.473 e. The van der Waals surface area contributed by atoms with Crippen molar-refractivity contribution in [3.8, 4) is 23.5 Å². The minimum absolute atomic E-state index is 0.00276. The number of aromatic nitrogens is 3. The normalized spacial score (nSPS) is 24.4. The second-order valence-electron chi connectivity index (χ2n) is 11.2. The Labute approximate surface area is 233 Å². The third-order valence-electron chi connectivity index (χ3n) is 8.59. The number of piperazine rings is 1. The Bertz CT molecular complexity index is 1390. The van der Waals surface area contributed by atoms with Gasteiger partial charge in [-0.1, -0.05) is 5.16 Å². The van der Waals surface area contributed by atoms with Crippen molar-refractivity contribution in [2.45, 2.75) is 63.5 Å². The highest BCUT2D eigenvalue weighted by molar-refractivity contribution is 7.16. The third kappa shape index (κ3) is 4.75. The van der Waals surface area contributed by atoms with E-state index in [4.69, 9.17) is 25.0 Å². The van der Waals surface area contributed by atoms with Crippen molar-refractivity contribution in [2.75, 3.05) is 50.4 Å². The number of likely N-dealkylation sites (N-methyl/N-ethyl adjacent to an activating group) is 1. The Morgan fingerprint density at radius 2 is 2.08 bits per heavy atom. The molecule has 2 aliphatic heterocycles. The molecule has 0 saturated carbocycles. The van der Waals surface area contributed by atoms with Crippen molar-refractivity contribution < 1.29 is 9.26 Å². The van der Waals surface area contributed by atoms with Gasteiger partial charge in [-0.05, 0) is 65.1 Å². The maximum atomic E-state index is 9.86. The molecule has 2 fully saturated rings. The van der Waals surface area contributed by atoms with Gasteiger partial charge in [0.05, 0.1) is 11.0 Å². The first kappa shape index (κ1) is 26.0. The van der Waals surface area contributed by atoms with Crippen molar-refractivity contribution in [3.05, 3.63) is 33.9 Å². The molecule has 0 amide bonds. The van der Waals surface area contributed by atoms with Gasteiger partial charge in [-0.3, -0.25) is 4.90 Å². The molecule has 11 heteroatoms. The smallest absolute Gasteiger partial charge is 0.219 e. The number of anilines is 2. The van der Waals surface area contributed by atoms with Gasteiger partial charge in [-0.2, -0.15) is 10.2 Å². The molecular weight excluding hydrogens is 512 g/mol. The van der Waals surface area contributed by atoms with Crippen LogP contribution in [0.5, 0.6) is 5.88 Å². The van der Waals surface area contributed by atoms with Crippen molar-refractivity contribution in [1.29, 1.82) is 5.26 Å². The summed E-state index contributed by atoms with van der Waals surface area (Å²) < 4.78 is 12.4. The van der Waals surface area contributed by atoms with Crippen LogP contribution in [0.1, 0.15) is 61.3 Å². The number of nitrogen functional groups attached to an aromatic ring is 1. The molecule has 39 heavy (non-hydrogen) atoms. The van der Waals surface area contributed by atoms with E-state index in [9.17, 15) is 5.26 Å². The summed E-state index contributed by atoms with van der Waals surface area (Å²) in [6.07, 6.45) is 5.06. The maximum absolute atomic E-state index is 9.86. The van der Waals surface area contributed by atoms with Gasteiger partial charge in [0.15, 0.2) is 11.5 Å². The zero-order chi connectivity index (χ0) is 27.1. The standard InChI is InChI=1S/C28H36N8O2S/c1-17(20-6-5-11-35(20)3)37-24-15-23(36-12-9-31-10-13-36)32-27(33-24)19-14-22(38-34-19)28(2)8-4-7-21-25(28)18(16-29)26(30)39-21/h14-15,17,20,31H,4-13,30H2,1-3H3/t17-,20-,28?/m0/s1. The van der Waals surface area contributed by atoms with E-state index in [1.807, 2.05) is 12.1 Å². The molecule has 3 atom stereocenters. The molecular formula is C28H36N8O2S. The van der Waals surface area contributed by atoms with Crippen molar-refractivity contribution in [1.82, 2.24) is 25.3 Å². The molecule has 6 rings (SSSR count). The fraction of sp³-hybridized carbons (Fsp3) is 0.571. The summed E-state index contributed by atoms with van der Waals surface area (Å²) >= 11 is 1.52. The number of likely N-dealkylation sites (tertiary alicyclic amines) is 1. The van der Waals surface area contributed by atoms with Crippen LogP contribution in [-0.2, 0) is 11.8 Å². The van der Waals surface area contributed by atoms with Crippen LogP contribution in [0.4, 0.5) is 10.8 Å². The SMILES string of the molecule is C[C@H](Oc1cc(N2CCNCC2)nc(-c2cc(C3(C)CCCc4sc(N)c(C#N)c43)on2)n1)[C@@H]1CCCN1C. The van der Waals surface area contributed by atoms with Crippen molar-refractivity contribution >= 4 is 22.2 Å². The van der Waals surface area contributed by atoms with Crippen LogP contribution in [0.3, 0.4) is 0 Å². The van der Waals surface area contributed by atoms with E-state index in [-0.39, 0.29) is 6.10 Å². The zero-order valence-corrected chi connectivity index (χ0v) is 23.7. The molecule has 3 aliphatic rings. The fourth-order valence-corrected chi connectivity index (χ4v) is 7.62. The second-order valence-corrected chi connectivity index (χ2v) is 12.3. The average Bonchev–Trinajstić information content (AvgIpc) is 3.68. The lowest BCUT2D eigenvalue weighted by molar-refractivity contribution is 0.117. The van der Waals surface area contributed by atoms with Crippen LogP contribution in [0.25, 0.3) is 11.5 Å². The van der Waals surface area contributed by atoms with Crippen LogP contribution < -0.4 is 20.7 Å². The molecule has 3 N–H and O–H groups in total. The van der Waals surface area contributed by atoms with E-state index in [2.05, 4.69) is 47.2 Å². The number of rotatable bonds is 6. The lowest BCUT2D eigenvalue weighted by Gasteiger charge is -2.31. The molecule has 1 aliphatic carbocycles. The third-order valence-corrected chi connectivity index (χ3v) is 9.67. The highest BCUT2D eigenvalue weighted by atomic mass is 32.1. The molecule has 0 bridgehead atoms. The van der Waals surface area contributed by atoms with Crippen LogP contribution in [-0.4, -0.2) is 71.9 Å². The van der Waals surface area contributed by atoms with Gasteiger partial charge in [0.2, 0.25) is 5.88 Å². The first-order chi connectivity index (χ1) is 18.9. The molecule has 206 valence electrons. The minimum atomic E-state index is -0.491. The van der Waals surface area contributed by atoms with Gasteiger partial charge in [-0.15, -0.1) is 11.3 Å². The van der Waals surface area contributed by atoms with Gasteiger partial charge in [0, 0.05) is 49.2 Å². The first-order valence-corrected chi connectivity index (χ1v) is 14.7. The molecule has 0 spiro atoms. The lowest BCUT2D eigenvalue weighted by atomic mass is 9.71. The highest BCUT2D eigenvalue weighted by Crippen LogP contribution is 2.49. The van der Waals surface area contributed by atoms with Gasteiger partial charge in [0.1, 0.15) is 28.8 Å². The fourth-order valence-electron chi connectivity index (χ4n) is 6.42. The summed E-state index contributed by atoms with van der Waals surface area (Å²) in [5.41, 5.74) is 7.85. The van der Waals surface area contributed by atoms with E-state index < -0.39 is 5.41 Å². The molecule has 10 nitrogen and oxygen atoms in total. The number of ether oxygens (including phenoxy) is 1. The van der Waals surface area contributed by atoms with Gasteiger partial charge >= 0.3 is 0 Å². The van der Waals surface area contributed by atoms with E-state index in [1.165, 1.54) is 17.8 Å². The van der Waals surface area contributed by atoms with E-state index >= 15 is 0 Å². The van der Waals surface area contributed by atoms with E-state index in [0.717, 1.165) is 74.7 Å². The van der Waals surface area contributed by atoms with E-state index in [1.54, 1.807) is 0 Å². The molecule has 5 heterocycles. The van der Waals surface area contributed by atoms with Gasteiger partial charge in [0.25, 0.3) is 0 Å². The topological polar surface area (TPSA) is 129 Å². The number of thiophene rings is 1. The highest BCUT2D eigenvalue weighted by Gasteiger charge is 2.42. The Morgan fingerprint density at radius 1 is 1.26 bits per heavy atom. The number of nitriles is 1. The van der Waals surface area contributed by atoms with Crippen LogP contribution >= 0.6 is 11.3 Å². The Morgan fingerprint density at radius 3 is 2.82 bits per heavy atom. The molecule has 0 aromatic carbocycles. The van der Waals surface area contributed by atoms with Crippen LogP contribution in [0.15, 0.2) is 16.7 Å². The van der Waals surface area contributed by atoms with E-state index in [0.29, 0.717) is 39.8 Å². The number of hydrogen-bond acceptors (Lipinski definition) is 11. The predicted octanol–water partition coefficient (Wildman–Crippen LogP) is 3.56. The summed E-state index contributed by atoms with van der Waals surface area (Å²) in [4.78, 5) is 15.5. The maximum Gasteiger partial charge on any atom is 0.219 e. The van der Waals surface area contributed by atoms with Crippen molar-refractivity contribution in [3.63, 3.8) is 0 Å². The van der Waals surface area contributed by atoms with Crippen LogP contribution in [0, 0.1) is 11.3 Å². The Kier molecular flexibility index (Phi) is 6.95.